The molecule has 1 saturated heterocycles. The first-order valence-electron chi connectivity index (χ1n) is 9.15. The lowest BCUT2D eigenvalue weighted by molar-refractivity contribution is -0.124. The van der Waals surface area contributed by atoms with Gasteiger partial charge in [-0.2, -0.15) is 0 Å². The summed E-state index contributed by atoms with van der Waals surface area (Å²) in [6.07, 6.45) is 1.51. The molecule has 2 aromatic rings. The third-order valence-electron chi connectivity index (χ3n) is 4.20. The number of carbonyl (C=O) groups is 4. The normalized spacial score (nSPS) is 14.8. The van der Waals surface area contributed by atoms with Crippen molar-refractivity contribution >= 4 is 52.4 Å². The molecule has 3 rings (SSSR count). The molecule has 7 nitrogen and oxygen atoms in total. The largest absolute Gasteiger partial charge is 0.353 e. The summed E-state index contributed by atoms with van der Waals surface area (Å²) in [4.78, 5) is 49.7. The maximum absolute atomic E-state index is 13.0. The predicted molar refractivity (Wildman–Crippen MR) is 116 cm³/mol. The lowest BCUT2D eigenvalue weighted by Gasteiger charge is -2.13. The number of benzene rings is 2. The highest BCUT2D eigenvalue weighted by Crippen LogP contribution is 2.31. The van der Waals surface area contributed by atoms with Crippen molar-refractivity contribution in [2.24, 2.45) is 0 Å². The van der Waals surface area contributed by atoms with E-state index in [9.17, 15) is 23.6 Å². The van der Waals surface area contributed by atoms with Crippen LogP contribution in [0.15, 0.2) is 53.4 Å². The highest BCUT2D eigenvalue weighted by molar-refractivity contribution is 8.18. The van der Waals surface area contributed by atoms with Crippen LogP contribution < -0.4 is 10.6 Å². The van der Waals surface area contributed by atoms with Crippen molar-refractivity contribution in [3.8, 4) is 0 Å². The third kappa shape index (κ3) is 6.16. The van der Waals surface area contributed by atoms with E-state index in [-0.39, 0.29) is 24.5 Å². The molecule has 0 unspecified atom stereocenters. The Bertz CT molecular complexity index is 1060. The van der Waals surface area contributed by atoms with Crippen molar-refractivity contribution in [2.45, 2.75) is 0 Å². The molecule has 1 fully saturated rings. The molecule has 4 amide bonds. The molecule has 0 radical (unpaired) electrons. The van der Waals surface area contributed by atoms with Gasteiger partial charge < -0.3 is 10.6 Å². The van der Waals surface area contributed by atoms with E-state index >= 15 is 0 Å². The number of imide groups is 1. The Morgan fingerprint density at radius 1 is 1.10 bits per heavy atom. The number of thioether (sulfide) groups is 1. The smallest absolute Gasteiger partial charge is 0.293 e. The van der Waals surface area contributed by atoms with Gasteiger partial charge in [-0.05, 0) is 53.7 Å². The summed E-state index contributed by atoms with van der Waals surface area (Å²) in [6, 6.07) is 11.8. The van der Waals surface area contributed by atoms with Crippen LogP contribution in [0.5, 0.6) is 0 Å². The van der Waals surface area contributed by atoms with Crippen molar-refractivity contribution in [3.63, 3.8) is 0 Å². The Balaban J connectivity index is 1.46. The summed E-state index contributed by atoms with van der Waals surface area (Å²) >= 11 is 6.60. The Kier molecular flexibility index (Phi) is 7.43. The Morgan fingerprint density at radius 3 is 2.55 bits per heavy atom. The fourth-order valence-corrected chi connectivity index (χ4v) is 3.72. The standard InChI is InChI=1S/C21H17ClFN3O4S/c22-15-3-1-2-14(11-15)19(28)25-12-18(27)24-8-9-26-20(29)17(31-21(26)30)10-13-4-6-16(23)7-5-13/h1-7,10-11H,8-9,12H2,(H,24,27)(H,25,28)/b17-10-. The van der Waals surface area contributed by atoms with Gasteiger partial charge in [-0.25, -0.2) is 4.39 Å². The van der Waals surface area contributed by atoms with Crippen molar-refractivity contribution in [1.82, 2.24) is 15.5 Å². The topological polar surface area (TPSA) is 95.6 Å². The summed E-state index contributed by atoms with van der Waals surface area (Å²) in [5.74, 6) is -1.80. The SMILES string of the molecule is O=C(CNC(=O)c1cccc(Cl)c1)NCCN1C(=O)S/C(=C\c2ccc(F)cc2)C1=O. The number of hydrogen-bond donors (Lipinski definition) is 2. The molecule has 0 aliphatic carbocycles. The molecular formula is C21H17ClFN3O4S. The Labute approximate surface area is 186 Å². The van der Waals surface area contributed by atoms with Gasteiger partial charge >= 0.3 is 0 Å². The minimum atomic E-state index is -0.483. The summed E-state index contributed by atoms with van der Waals surface area (Å²) in [5.41, 5.74) is 0.918. The lowest BCUT2D eigenvalue weighted by Crippen LogP contribution is -2.41. The van der Waals surface area contributed by atoms with Crippen LogP contribution in [0.25, 0.3) is 6.08 Å². The number of nitrogens with zero attached hydrogens (tertiary/aromatic N) is 1. The van der Waals surface area contributed by atoms with Crippen LogP contribution in [0.3, 0.4) is 0 Å². The maximum Gasteiger partial charge on any atom is 0.293 e. The monoisotopic (exact) mass is 461 g/mol. The molecular weight excluding hydrogens is 445 g/mol. The van der Waals surface area contributed by atoms with Crippen molar-refractivity contribution in [1.29, 1.82) is 0 Å². The maximum atomic E-state index is 13.0. The fourth-order valence-electron chi connectivity index (χ4n) is 2.67. The number of nitrogens with one attached hydrogen (secondary N) is 2. The van der Waals surface area contributed by atoms with E-state index in [0.29, 0.717) is 16.1 Å². The molecule has 1 aliphatic rings. The number of hydrogen-bond acceptors (Lipinski definition) is 5. The van der Waals surface area contributed by atoms with Gasteiger partial charge in [0.25, 0.3) is 17.1 Å². The molecule has 2 aromatic carbocycles. The van der Waals surface area contributed by atoms with E-state index < -0.39 is 28.8 Å². The minimum Gasteiger partial charge on any atom is -0.353 e. The number of amides is 4. The average Bonchev–Trinajstić information content (AvgIpc) is 3.01. The minimum absolute atomic E-state index is 0.0145. The van der Waals surface area contributed by atoms with Gasteiger partial charge in [0.15, 0.2) is 0 Å². The van der Waals surface area contributed by atoms with E-state index in [4.69, 9.17) is 11.6 Å². The summed E-state index contributed by atoms with van der Waals surface area (Å²) < 4.78 is 13.0. The van der Waals surface area contributed by atoms with Crippen LogP contribution in [0.4, 0.5) is 9.18 Å². The van der Waals surface area contributed by atoms with Gasteiger partial charge in [0, 0.05) is 23.7 Å². The van der Waals surface area contributed by atoms with Crippen LogP contribution in [0, 0.1) is 5.82 Å². The predicted octanol–water partition coefficient (Wildman–Crippen LogP) is 3.06. The second-order valence-corrected chi connectivity index (χ2v) is 7.86. The van der Waals surface area contributed by atoms with E-state index in [0.717, 1.165) is 16.7 Å². The summed E-state index contributed by atoms with van der Waals surface area (Å²) in [6.45, 7) is -0.245. The van der Waals surface area contributed by atoms with E-state index in [2.05, 4.69) is 10.6 Å². The molecule has 1 aliphatic heterocycles. The first kappa shape index (κ1) is 22.5. The second kappa shape index (κ2) is 10.2. The average molecular weight is 462 g/mol. The highest BCUT2D eigenvalue weighted by atomic mass is 35.5. The van der Waals surface area contributed by atoms with Gasteiger partial charge in [-0.15, -0.1) is 0 Å². The number of carbonyl (C=O) groups excluding carboxylic acids is 4. The summed E-state index contributed by atoms with van der Waals surface area (Å²) in [5, 5.41) is 4.96. The first-order valence-corrected chi connectivity index (χ1v) is 10.3. The number of halogens is 2. The molecule has 31 heavy (non-hydrogen) atoms. The van der Waals surface area contributed by atoms with Crippen LogP contribution in [0.1, 0.15) is 15.9 Å². The molecule has 1 heterocycles. The van der Waals surface area contributed by atoms with E-state index in [1.165, 1.54) is 36.4 Å². The number of rotatable bonds is 7. The van der Waals surface area contributed by atoms with Crippen molar-refractivity contribution < 1.29 is 23.6 Å². The molecule has 10 heteroatoms. The second-order valence-electron chi connectivity index (χ2n) is 6.43. The van der Waals surface area contributed by atoms with Crippen LogP contribution in [-0.2, 0) is 9.59 Å². The van der Waals surface area contributed by atoms with Crippen molar-refractivity contribution in [2.75, 3.05) is 19.6 Å². The summed E-state index contributed by atoms with van der Waals surface area (Å²) in [7, 11) is 0. The van der Waals surface area contributed by atoms with E-state index in [1.54, 1.807) is 18.2 Å². The first-order chi connectivity index (χ1) is 14.8. The van der Waals surface area contributed by atoms with Gasteiger partial charge in [-0.1, -0.05) is 29.8 Å². The lowest BCUT2D eigenvalue weighted by atomic mass is 10.2. The molecule has 160 valence electrons. The zero-order valence-corrected chi connectivity index (χ0v) is 17.6. The molecule has 0 aromatic heterocycles. The van der Waals surface area contributed by atoms with Gasteiger partial charge in [-0.3, -0.25) is 24.1 Å². The zero-order valence-electron chi connectivity index (χ0n) is 16.1. The zero-order chi connectivity index (χ0) is 22.4. The molecule has 0 atom stereocenters. The van der Waals surface area contributed by atoms with Crippen LogP contribution >= 0.6 is 23.4 Å². The van der Waals surface area contributed by atoms with Crippen LogP contribution in [0.2, 0.25) is 5.02 Å². The molecule has 0 saturated carbocycles. The quantitative estimate of drug-likeness (QED) is 0.618. The van der Waals surface area contributed by atoms with Gasteiger partial charge in [0.05, 0.1) is 11.4 Å². The van der Waals surface area contributed by atoms with E-state index in [1.807, 2.05) is 0 Å². The van der Waals surface area contributed by atoms with Gasteiger partial charge in [0.1, 0.15) is 5.82 Å². The third-order valence-corrected chi connectivity index (χ3v) is 5.34. The highest BCUT2D eigenvalue weighted by Gasteiger charge is 2.34. The van der Waals surface area contributed by atoms with Crippen molar-refractivity contribution in [3.05, 3.63) is 75.4 Å². The molecule has 2 N–H and O–H groups in total. The molecule has 0 bridgehead atoms. The molecule has 0 spiro atoms. The Hall–Kier alpha value is -3.17. The van der Waals surface area contributed by atoms with Gasteiger partial charge in [0.2, 0.25) is 5.91 Å². The Morgan fingerprint density at radius 2 is 1.84 bits per heavy atom. The fraction of sp³-hybridized carbons (Fsp3) is 0.143. The van der Waals surface area contributed by atoms with Crippen LogP contribution in [-0.4, -0.2) is 47.5 Å².